The molecular formula is C22H22ClN3O3S. The van der Waals surface area contributed by atoms with E-state index in [9.17, 15) is 9.59 Å². The van der Waals surface area contributed by atoms with Crippen LogP contribution < -0.4 is 9.80 Å². The second-order valence-electron chi connectivity index (χ2n) is 7.72. The Kier molecular flexibility index (Phi) is 5.01. The first-order valence-corrected chi connectivity index (χ1v) is 11.3. The van der Waals surface area contributed by atoms with Crippen LogP contribution in [0.4, 0.5) is 11.4 Å². The highest BCUT2D eigenvalue weighted by atomic mass is 35.5. The quantitative estimate of drug-likeness (QED) is 0.729. The van der Waals surface area contributed by atoms with Gasteiger partial charge in [-0.05, 0) is 30.7 Å². The van der Waals surface area contributed by atoms with Crippen molar-refractivity contribution in [2.24, 2.45) is 0 Å². The highest BCUT2D eigenvalue weighted by molar-refractivity contribution is 8.02. The van der Waals surface area contributed by atoms with Crippen LogP contribution in [0, 0.1) is 6.92 Å². The summed E-state index contributed by atoms with van der Waals surface area (Å²) < 4.78 is 5.45. The van der Waals surface area contributed by atoms with Gasteiger partial charge in [0.05, 0.1) is 31.3 Å². The van der Waals surface area contributed by atoms with Crippen LogP contribution >= 0.6 is 23.4 Å². The number of morpholine rings is 1. The number of fused-ring (bicyclic) bond motifs is 2. The Balaban J connectivity index is 1.60. The van der Waals surface area contributed by atoms with E-state index in [4.69, 9.17) is 16.3 Å². The second-order valence-corrected chi connectivity index (χ2v) is 9.29. The molecule has 3 aliphatic rings. The van der Waals surface area contributed by atoms with Gasteiger partial charge in [0.25, 0.3) is 5.91 Å². The maximum absolute atomic E-state index is 14.0. The fraction of sp³-hybridized carbons (Fsp3) is 0.364. The molecule has 1 atom stereocenters. The smallest absolute Gasteiger partial charge is 0.269 e. The van der Waals surface area contributed by atoms with Crippen LogP contribution in [0.15, 0.2) is 42.5 Å². The number of carbonyl (C=O) groups is 2. The average Bonchev–Trinajstić information content (AvgIpc) is 3.22. The van der Waals surface area contributed by atoms with Crippen LogP contribution in [0.5, 0.6) is 0 Å². The standard InChI is InChI=1S/C22H22ClN3O3S/c1-15-6-7-16(12-18(15)23)26-20(27)13-30-22(26)17-4-2-3-5-19(17)25(21(22)28)14-24-8-10-29-11-9-24/h2-7,12H,8-11,13-14H2,1H3/t22-/m1/s1. The zero-order chi connectivity index (χ0) is 20.9. The van der Waals surface area contributed by atoms with Crippen LogP contribution in [0.1, 0.15) is 11.1 Å². The van der Waals surface area contributed by atoms with Gasteiger partial charge in [-0.25, -0.2) is 0 Å². The molecule has 2 fully saturated rings. The molecule has 8 heteroatoms. The summed E-state index contributed by atoms with van der Waals surface area (Å²) in [5.74, 6) is 0.0794. The van der Waals surface area contributed by atoms with Crippen LogP contribution in [-0.2, 0) is 19.2 Å². The van der Waals surface area contributed by atoms with Crippen molar-refractivity contribution in [3.05, 3.63) is 58.6 Å². The molecule has 156 valence electrons. The molecule has 5 rings (SSSR count). The molecular weight excluding hydrogens is 422 g/mol. The number of rotatable bonds is 3. The monoisotopic (exact) mass is 443 g/mol. The summed E-state index contributed by atoms with van der Waals surface area (Å²) in [6.07, 6.45) is 0. The summed E-state index contributed by atoms with van der Waals surface area (Å²) in [6.45, 7) is 5.29. The molecule has 0 N–H and O–H groups in total. The predicted octanol–water partition coefficient (Wildman–Crippen LogP) is 3.22. The Morgan fingerprint density at radius 2 is 1.90 bits per heavy atom. The van der Waals surface area contributed by atoms with Gasteiger partial charge in [0, 0.05) is 29.4 Å². The van der Waals surface area contributed by atoms with Crippen LogP contribution in [0.3, 0.4) is 0 Å². The van der Waals surface area contributed by atoms with E-state index in [0.717, 1.165) is 29.9 Å². The van der Waals surface area contributed by atoms with E-state index in [1.807, 2.05) is 48.2 Å². The third-order valence-electron chi connectivity index (χ3n) is 5.92. The molecule has 0 radical (unpaired) electrons. The van der Waals surface area contributed by atoms with Crippen LogP contribution in [0.2, 0.25) is 5.02 Å². The van der Waals surface area contributed by atoms with Crippen molar-refractivity contribution in [1.29, 1.82) is 0 Å². The van der Waals surface area contributed by atoms with Crippen LogP contribution in [-0.4, -0.2) is 55.4 Å². The minimum atomic E-state index is -1.10. The van der Waals surface area contributed by atoms with E-state index in [0.29, 0.717) is 30.6 Å². The Bertz CT molecular complexity index is 1030. The van der Waals surface area contributed by atoms with E-state index in [1.165, 1.54) is 11.8 Å². The molecule has 3 aliphatic heterocycles. The number of nitrogens with zero attached hydrogens (tertiary/aromatic N) is 3. The van der Waals surface area contributed by atoms with Crippen molar-refractivity contribution in [1.82, 2.24) is 4.90 Å². The lowest BCUT2D eigenvalue weighted by Gasteiger charge is -2.35. The lowest BCUT2D eigenvalue weighted by molar-refractivity contribution is -0.124. The first-order chi connectivity index (χ1) is 14.5. The average molecular weight is 444 g/mol. The lowest BCUT2D eigenvalue weighted by Crippen LogP contribution is -2.52. The van der Waals surface area contributed by atoms with Crippen molar-refractivity contribution >= 4 is 46.6 Å². The second kappa shape index (κ2) is 7.57. The third kappa shape index (κ3) is 2.95. The Labute approximate surface area is 184 Å². The number of para-hydroxylation sites is 1. The molecule has 1 spiro atoms. The number of benzene rings is 2. The fourth-order valence-electron chi connectivity index (χ4n) is 4.36. The summed E-state index contributed by atoms with van der Waals surface area (Å²) in [4.78, 5) is 31.6. The van der Waals surface area contributed by atoms with Crippen LogP contribution in [0.25, 0.3) is 0 Å². The number of hydrogen-bond acceptors (Lipinski definition) is 5. The van der Waals surface area contributed by atoms with Crippen molar-refractivity contribution < 1.29 is 14.3 Å². The van der Waals surface area contributed by atoms with E-state index < -0.39 is 4.87 Å². The number of hydrogen-bond donors (Lipinski definition) is 0. The van der Waals surface area contributed by atoms with Gasteiger partial charge in [0.15, 0.2) is 0 Å². The topological polar surface area (TPSA) is 53.1 Å². The zero-order valence-electron chi connectivity index (χ0n) is 16.6. The van der Waals surface area contributed by atoms with E-state index in [-0.39, 0.29) is 17.6 Å². The summed E-state index contributed by atoms with van der Waals surface area (Å²) >= 11 is 7.76. The number of aryl methyl sites for hydroxylation is 1. The van der Waals surface area contributed by atoms with Gasteiger partial charge in [-0.15, -0.1) is 11.8 Å². The number of halogens is 1. The third-order valence-corrected chi connectivity index (χ3v) is 7.72. The lowest BCUT2D eigenvalue weighted by atomic mass is 10.0. The summed E-state index contributed by atoms with van der Waals surface area (Å²) in [6, 6.07) is 13.3. The number of amides is 2. The fourth-order valence-corrected chi connectivity index (χ4v) is 5.89. The molecule has 6 nitrogen and oxygen atoms in total. The molecule has 2 saturated heterocycles. The maximum Gasteiger partial charge on any atom is 0.269 e. The largest absolute Gasteiger partial charge is 0.379 e. The number of anilines is 2. The molecule has 0 aromatic heterocycles. The highest BCUT2D eigenvalue weighted by Gasteiger charge is 2.61. The number of ether oxygens (including phenoxy) is 1. The van der Waals surface area contributed by atoms with Crippen molar-refractivity contribution in [3.8, 4) is 0 Å². The molecule has 2 aromatic carbocycles. The van der Waals surface area contributed by atoms with E-state index >= 15 is 0 Å². The minimum Gasteiger partial charge on any atom is -0.379 e. The first-order valence-electron chi connectivity index (χ1n) is 9.97. The highest BCUT2D eigenvalue weighted by Crippen LogP contribution is 2.55. The molecule has 3 heterocycles. The summed E-state index contributed by atoms with van der Waals surface area (Å²) in [5, 5.41) is 0.580. The van der Waals surface area contributed by atoms with E-state index in [2.05, 4.69) is 4.90 Å². The molecule has 2 amide bonds. The van der Waals surface area contributed by atoms with Gasteiger partial charge in [-0.2, -0.15) is 0 Å². The van der Waals surface area contributed by atoms with Gasteiger partial charge in [-0.1, -0.05) is 35.9 Å². The van der Waals surface area contributed by atoms with Gasteiger partial charge < -0.3 is 4.74 Å². The normalized spacial score (nSPS) is 24.2. The van der Waals surface area contributed by atoms with Crippen molar-refractivity contribution in [2.45, 2.75) is 11.8 Å². The molecule has 30 heavy (non-hydrogen) atoms. The summed E-state index contributed by atoms with van der Waals surface area (Å²) in [7, 11) is 0. The minimum absolute atomic E-state index is 0.0808. The van der Waals surface area contributed by atoms with Gasteiger partial charge in [0.2, 0.25) is 10.8 Å². The molecule has 2 aromatic rings. The molecule has 0 bridgehead atoms. The van der Waals surface area contributed by atoms with E-state index in [1.54, 1.807) is 11.0 Å². The van der Waals surface area contributed by atoms with Gasteiger partial charge >= 0.3 is 0 Å². The molecule has 0 unspecified atom stereocenters. The SMILES string of the molecule is Cc1ccc(N2C(=O)CS[C@]23C(=O)N(CN2CCOCC2)c2ccccc23)cc1Cl. The molecule has 0 aliphatic carbocycles. The van der Waals surface area contributed by atoms with Gasteiger partial charge in [0.1, 0.15) is 0 Å². The summed E-state index contributed by atoms with van der Waals surface area (Å²) in [5.41, 5.74) is 3.30. The van der Waals surface area contributed by atoms with Crippen molar-refractivity contribution in [2.75, 3.05) is 48.5 Å². The Hall–Kier alpha value is -2.06. The first kappa shape index (κ1) is 19.9. The van der Waals surface area contributed by atoms with Gasteiger partial charge in [-0.3, -0.25) is 24.3 Å². The number of thioether (sulfide) groups is 1. The Morgan fingerprint density at radius 1 is 1.13 bits per heavy atom. The molecule has 0 saturated carbocycles. The Morgan fingerprint density at radius 3 is 2.67 bits per heavy atom. The maximum atomic E-state index is 14.0. The predicted molar refractivity (Wildman–Crippen MR) is 119 cm³/mol. The number of carbonyl (C=O) groups excluding carboxylic acids is 2. The van der Waals surface area contributed by atoms with Crippen molar-refractivity contribution in [3.63, 3.8) is 0 Å². The zero-order valence-corrected chi connectivity index (χ0v) is 18.2.